The first-order valence-electron chi connectivity index (χ1n) is 30.1. The average Bonchev–Trinajstić information content (AvgIpc) is 1.73. The summed E-state index contributed by atoms with van der Waals surface area (Å²) >= 11 is 0. The summed E-state index contributed by atoms with van der Waals surface area (Å²) < 4.78 is 158. The summed E-state index contributed by atoms with van der Waals surface area (Å²) in [6, 6.07) is 10.4. The second kappa shape index (κ2) is 34.4. The number of hydrogen-bond acceptors (Lipinski definition) is 20. The van der Waals surface area contributed by atoms with Gasteiger partial charge in [-0.1, -0.05) is 51.2 Å². The summed E-state index contributed by atoms with van der Waals surface area (Å²) in [4.78, 5) is 20.0. The quantitative estimate of drug-likeness (QED) is 0.0158. The van der Waals surface area contributed by atoms with Gasteiger partial charge >= 0.3 is 5.97 Å². The van der Waals surface area contributed by atoms with Gasteiger partial charge in [0.2, 0.25) is 17.4 Å². The first-order valence-corrected chi connectivity index (χ1v) is 34.8. The molecule has 3 aliphatic heterocycles. The monoisotopic (exact) mass is 1340 g/mol. The smallest absolute Gasteiger partial charge is 0.333 e. The third kappa shape index (κ3) is 22.2. The molecule has 0 amide bonds. The van der Waals surface area contributed by atoms with Crippen molar-refractivity contribution >= 4 is 64.6 Å². The van der Waals surface area contributed by atoms with Gasteiger partial charge in [0.1, 0.15) is 18.1 Å². The van der Waals surface area contributed by atoms with Crippen molar-refractivity contribution in [2.24, 2.45) is 5.41 Å². The van der Waals surface area contributed by atoms with Crippen molar-refractivity contribution in [2.75, 3.05) is 136 Å². The Bertz CT molecular complexity index is 3430. The minimum absolute atomic E-state index is 0.0365. The molecule has 0 radical (unpaired) electrons. The molecule has 0 spiro atoms. The van der Waals surface area contributed by atoms with Gasteiger partial charge in [-0.05, 0) is 81.4 Å². The normalized spacial score (nSPS) is 17.2. The van der Waals surface area contributed by atoms with Gasteiger partial charge in [-0.25, -0.2) is 4.79 Å². The maximum Gasteiger partial charge on any atom is 0.333 e. The number of aromatic hydroxyl groups is 2. The van der Waals surface area contributed by atoms with Crippen LogP contribution in [0.25, 0.3) is 11.1 Å². The first-order chi connectivity index (χ1) is 43.1. The SMILES string of the molecule is COCCOCCOCCOCCC1(CCOCCOCCOCCOC)C=C(C)c2cc3c(cc2N1CCCS(=O)(=O)O)OC(C(C)(C)C)=CC3=CC=CC=CC1=[N+](CCCS(=O)(=O)O)c2ccc(S(=O)(=O)O)cc2C1(C)CCCC(=O)On1c(O)ccc1O. The van der Waals surface area contributed by atoms with E-state index in [1.54, 1.807) is 37.0 Å². The molecule has 3 aromatic rings. The highest BCUT2D eigenvalue weighted by atomic mass is 32.2. The summed E-state index contributed by atoms with van der Waals surface area (Å²) in [6.07, 6.45) is 14.3. The fourth-order valence-electron chi connectivity index (χ4n) is 10.9. The van der Waals surface area contributed by atoms with Crippen LogP contribution in [-0.2, 0) is 78.5 Å². The lowest BCUT2D eigenvalue weighted by atomic mass is 9.75. The molecule has 5 N–H and O–H groups in total. The Hall–Kier alpha value is -5.83. The molecule has 0 saturated heterocycles. The first kappa shape index (κ1) is 74.2. The van der Waals surface area contributed by atoms with Crippen LogP contribution < -0.4 is 14.5 Å². The lowest BCUT2D eigenvalue weighted by molar-refractivity contribution is -0.437. The number of rotatable bonds is 41. The van der Waals surface area contributed by atoms with Gasteiger partial charge in [0.25, 0.3) is 30.4 Å². The molecule has 506 valence electrons. The van der Waals surface area contributed by atoms with Crippen molar-refractivity contribution in [3.8, 4) is 17.5 Å². The number of carbonyl (C=O) groups is 1. The molecule has 28 heteroatoms. The number of benzene rings is 2. The van der Waals surface area contributed by atoms with Crippen molar-refractivity contribution in [2.45, 2.75) is 95.4 Å². The molecule has 3 aliphatic rings. The van der Waals surface area contributed by atoms with Gasteiger partial charge in [-0.3, -0.25) is 13.7 Å². The summed E-state index contributed by atoms with van der Waals surface area (Å²) in [7, 11) is -10.2. The number of aromatic nitrogens is 1. The van der Waals surface area contributed by atoms with Crippen molar-refractivity contribution in [3.63, 3.8) is 0 Å². The Kier molecular flexibility index (Phi) is 28.0. The second-order valence-electron chi connectivity index (χ2n) is 23.3. The number of anilines is 1. The highest BCUT2D eigenvalue weighted by Crippen LogP contribution is 2.50. The Morgan fingerprint density at radius 1 is 0.670 bits per heavy atom. The molecule has 91 heavy (non-hydrogen) atoms. The zero-order valence-corrected chi connectivity index (χ0v) is 55.5. The Morgan fingerprint density at radius 3 is 1.76 bits per heavy atom. The highest BCUT2D eigenvalue weighted by molar-refractivity contribution is 7.86. The van der Waals surface area contributed by atoms with E-state index in [2.05, 4.69) is 11.0 Å². The third-order valence-corrected chi connectivity index (χ3v) is 17.9. The van der Waals surface area contributed by atoms with Crippen molar-refractivity contribution in [1.82, 2.24) is 4.73 Å². The van der Waals surface area contributed by atoms with E-state index in [0.29, 0.717) is 139 Å². The highest BCUT2D eigenvalue weighted by Gasteiger charge is 2.48. The molecular weight excluding hydrogens is 1250 g/mol. The molecule has 0 bridgehead atoms. The van der Waals surface area contributed by atoms with Gasteiger partial charge in [0, 0.05) is 105 Å². The number of allylic oxidation sites excluding steroid dienone is 9. The maximum absolute atomic E-state index is 13.1. The van der Waals surface area contributed by atoms with Crippen LogP contribution in [0.3, 0.4) is 0 Å². The zero-order valence-electron chi connectivity index (χ0n) is 53.0. The van der Waals surface area contributed by atoms with Crippen LogP contribution in [0.4, 0.5) is 11.4 Å². The van der Waals surface area contributed by atoms with E-state index >= 15 is 0 Å². The van der Waals surface area contributed by atoms with Crippen LogP contribution in [-0.4, -0.2) is 207 Å². The Labute approximate surface area is 534 Å². The number of ether oxygens (including phenoxy) is 9. The van der Waals surface area contributed by atoms with Gasteiger partial charge in [-0.15, -0.1) is 4.73 Å². The lowest BCUT2D eigenvalue weighted by Crippen LogP contribution is -2.52. The van der Waals surface area contributed by atoms with E-state index in [9.17, 15) is 53.9 Å². The summed E-state index contributed by atoms with van der Waals surface area (Å²) in [5, 5.41) is 20.1. The van der Waals surface area contributed by atoms with E-state index in [4.69, 9.17) is 47.5 Å². The van der Waals surface area contributed by atoms with Crippen molar-refractivity contribution in [1.29, 1.82) is 0 Å². The minimum Gasteiger partial charge on any atom is -0.492 e. The summed E-state index contributed by atoms with van der Waals surface area (Å²) in [5.74, 6) is -1.68. The van der Waals surface area contributed by atoms with E-state index < -0.39 is 76.0 Å². The second-order valence-corrected chi connectivity index (χ2v) is 27.9. The number of carbonyl (C=O) groups excluding carboxylic acids is 1. The van der Waals surface area contributed by atoms with Crippen LogP contribution in [0, 0.1) is 5.41 Å². The minimum atomic E-state index is -4.71. The zero-order chi connectivity index (χ0) is 66.5. The van der Waals surface area contributed by atoms with Crippen LogP contribution in [0.1, 0.15) is 96.3 Å². The summed E-state index contributed by atoms with van der Waals surface area (Å²) in [6.45, 7) is 15.6. The lowest BCUT2D eigenvalue weighted by Gasteiger charge is -2.48. The standard InChI is InChI=1S/C63H89N3O22S3/c1-47-46-63(22-26-81-32-34-85-38-36-83-30-28-79-6,23-27-82-33-35-86-39-37-84-31-29-80-7)65(25-13-41-90(73,74)75)54-45-55-51(44-50(47)54)48(42-57(87-55)61(2,3)4)14-9-8-10-15-56-62(5,21-11-16-60(69)88-66-58(67)19-20-59(66)68)52-43-49(91(76,77)78)17-18-53(52)64(56)24-12-40-89(70,71)72/h8-10,14-15,17-20,42-46H,11-13,16,21-41H2,1-7H3,(H4-,67,68,70,71,72,73,74,75,76,77,78)/p+1. The molecule has 6 rings (SSSR count). The fourth-order valence-corrected chi connectivity index (χ4v) is 12.4. The number of fused-ring (bicyclic) bond motifs is 3. The molecule has 4 heterocycles. The van der Waals surface area contributed by atoms with Crippen molar-refractivity contribution < 1.29 is 106 Å². The van der Waals surface area contributed by atoms with Gasteiger partial charge in [0.05, 0.1) is 107 Å². The summed E-state index contributed by atoms with van der Waals surface area (Å²) in [5.41, 5.74) is 3.26. The van der Waals surface area contributed by atoms with E-state index in [1.807, 2.05) is 65.0 Å². The number of methoxy groups -OCH3 is 2. The third-order valence-electron chi connectivity index (χ3n) is 15.5. The van der Waals surface area contributed by atoms with Crippen LogP contribution in [0.2, 0.25) is 0 Å². The Morgan fingerprint density at radius 2 is 1.22 bits per heavy atom. The Balaban J connectivity index is 1.35. The maximum atomic E-state index is 13.1. The predicted octanol–water partition coefficient (Wildman–Crippen LogP) is 7.54. The molecule has 0 saturated carbocycles. The average molecular weight is 1340 g/mol. The van der Waals surface area contributed by atoms with Crippen LogP contribution in [0.15, 0.2) is 95.7 Å². The van der Waals surface area contributed by atoms with E-state index in [1.165, 1.54) is 18.2 Å². The number of nitrogens with zero attached hydrogens (tertiary/aromatic N) is 3. The number of hydrogen-bond donors (Lipinski definition) is 5. The molecule has 0 fully saturated rings. The van der Waals surface area contributed by atoms with Crippen LogP contribution >= 0.6 is 0 Å². The van der Waals surface area contributed by atoms with Crippen LogP contribution in [0.5, 0.6) is 17.5 Å². The fraction of sp³-hybridized carbons (Fsp3) is 0.556. The molecule has 1 atom stereocenters. The molecule has 1 aromatic heterocycles. The molecule has 1 unspecified atom stereocenters. The predicted molar refractivity (Wildman–Crippen MR) is 341 cm³/mol. The molecular formula is C63H90N3O22S3+. The topological polar surface area (TPSA) is 324 Å². The van der Waals surface area contributed by atoms with E-state index in [-0.39, 0.29) is 50.1 Å². The molecule has 0 aliphatic carbocycles. The van der Waals surface area contributed by atoms with E-state index in [0.717, 1.165) is 40.1 Å². The largest absolute Gasteiger partial charge is 0.492 e. The van der Waals surface area contributed by atoms with Crippen molar-refractivity contribution in [3.05, 3.63) is 107 Å². The molecule has 25 nitrogen and oxygen atoms in total. The van der Waals surface area contributed by atoms with Gasteiger partial charge < -0.3 is 62.6 Å². The molecule has 2 aromatic carbocycles. The van der Waals surface area contributed by atoms with Gasteiger partial charge in [0.15, 0.2) is 5.71 Å². The van der Waals surface area contributed by atoms with Gasteiger partial charge in [-0.2, -0.15) is 29.8 Å².